The number of rotatable bonds is 5. The molecule has 1 aromatic heterocycles. The van der Waals surface area contributed by atoms with E-state index in [1.165, 1.54) is 27.8 Å². The maximum atomic E-state index is 5.89. The smallest absolute Gasteiger partial charge is 0.128 e. The first-order valence-corrected chi connectivity index (χ1v) is 10.6. The largest absolute Gasteiger partial charge is 0.497 e. The Bertz CT molecular complexity index is 1040. The molecular weight excluding hydrogens is 372 g/mol. The van der Waals surface area contributed by atoms with Gasteiger partial charge in [-0.3, -0.25) is 4.98 Å². The summed E-state index contributed by atoms with van der Waals surface area (Å²) in [5, 5.41) is 3.74. The highest BCUT2D eigenvalue weighted by atomic mass is 16.5. The molecule has 4 rings (SSSR count). The summed E-state index contributed by atoms with van der Waals surface area (Å²) < 4.78 is 11.3. The summed E-state index contributed by atoms with van der Waals surface area (Å²) in [7, 11) is 3.46. The Morgan fingerprint density at radius 2 is 1.70 bits per heavy atom. The van der Waals surface area contributed by atoms with E-state index in [0.717, 1.165) is 47.8 Å². The number of nitrogens with zero attached hydrogens (tertiary/aromatic N) is 1. The van der Waals surface area contributed by atoms with Crippen molar-refractivity contribution in [1.82, 2.24) is 4.98 Å². The zero-order valence-corrected chi connectivity index (χ0v) is 18.5. The molecule has 0 bridgehead atoms. The van der Waals surface area contributed by atoms with Gasteiger partial charge in [-0.05, 0) is 62.8 Å². The number of aryl methyl sites for hydroxylation is 4. The van der Waals surface area contributed by atoms with Crippen molar-refractivity contribution in [2.75, 3.05) is 19.5 Å². The van der Waals surface area contributed by atoms with Crippen LogP contribution in [0.25, 0.3) is 11.3 Å². The first kappa shape index (κ1) is 20.3. The molecule has 0 spiro atoms. The monoisotopic (exact) mass is 402 g/mol. The van der Waals surface area contributed by atoms with Crippen molar-refractivity contribution in [3.8, 4) is 22.8 Å². The lowest BCUT2D eigenvalue weighted by Gasteiger charge is -2.29. The highest BCUT2D eigenvalue weighted by Gasteiger charge is 2.27. The van der Waals surface area contributed by atoms with Gasteiger partial charge in [-0.1, -0.05) is 24.3 Å². The van der Waals surface area contributed by atoms with Gasteiger partial charge >= 0.3 is 0 Å². The molecule has 2 aromatic carbocycles. The molecular formula is C26H30N2O2. The van der Waals surface area contributed by atoms with Gasteiger partial charge in [0.25, 0.3) is 0 Å². The van der Waals surface area contributed by atoms with E-state index in [-0.39, 0.29) is 6.04 Å². The van der Waals surface area contributed by atoms with E-state index in [1.807, 2.05) is 6.07 Å². The first-order valence-electron chi connectivity index (χ1n) is 10.6. The number of methoxy groups -OCH3 is 2. The molecule has 0 aliphatic heterocycles. The number of hydrogen-bond acceptors (Lipinski definition) is 4. The molecule has 1 aliphatic rings. The molecule has 0 saturated carbocycles. The second-order valence-electron chi connectivity index (χ2n) is 8.11. The SMILES string of the molecule is COc1ccc(C)c(NC2CCCc3nc(-c4c(C)cccc4C)cc(OC)c32)c1. The van der Waals surface area contributed by atoms with Gasteiger partial charge in [0.1, 0.15) is 11.5 Å². The van der Waals surface area contributed by atoms with Gasteiger partial charge in [0.2, 0.25) is 0 Å². The van der Waals surface area contributed by atoms with Crippen molar-refractivity contribution in [3.63, 3.8) is 0 Å². The third-order valence-corrected chi connectivity index (χ3v) is 6.09. The molecule has 1 atom stereocenters. The molecule has 1 unspecified atom stereocenters. The summed E-state index contributed by atoms with van der Waals surface area (Å²) in [6.07, 6.45) is 3.12. The lowest BCUT2D eigenvalue weighted by atomic mass is 9.88. The third kappa shape index (κ3) is 3.74. The molecule has 30 heavy (non-hydrogen) atoms. The predicted molar refractivity (Wildman–Crippen MR) is 123 cm³/mol. The van der Waals surface area contributed by atoms with Crippen LogP contribution in [0.1, 0.15) is 46.8 Å². The van der Waals surface area contributed by atoms with E-state index in [4.69, 9.17) is 14.5 Å². The number of aromatic nitrogens is 1. The van der Waals surface area contributed by atoms with E-state index in [1.54, 1.807) is 14.2 Å². The van der Waals surface area contributed by atoms with Crippen LogP contribution in [0, 0.1) is 20.8 Å². The summed E-state index contributed by atoms with van der Waals surface area (Å²) in [5.74, 6) is 1.77. The topological polar surface area (TPSA) is 43.4 Å². The molecule has 0 fully saturated rings. The number of pyridine rings is 1. The van der Waals surface area contributed by atoms with Crippen molar-refractivity contribution in [1.29, 1.82) is 0 Å². The minimum atomic E-state index is 0.161. The number of fused-ring (bicyclic) bond motifs is 1. The molecule has 0 amide bonds. The van der Waals surface area contributed by atoms with Gasteiger partial charge in [0, 0.05) is 28.9 Å². The van der Waals surface area contributed by atoms with Crippen LogP contribution in [0.15, 0.2) is 42.5 Å². The fraction of sp³-hybridized carbons (Fsp3) is 0.346. The molecule has 4 nitrogen and oxygen atoms in total. The number of ether oxygens (including phenoxy) is 2. The molecule has 1 heterocycles. The zero-order valence-electron chi connectivity index (χ0n) is 18.5. The van der Waals surface area contributed by atoms with Crippen LogP contribution < -0.4 is 14.8 Å². The lowest BCUT2D eigenvalue weighted by Crippen LogP contribution is -2.20. The van der Waals surface area contributed by atoms with Crippen molar-refractivity contribution in [3.05, 3.63) is 70.4 Å². The average molecular weight is 403 g/mol. The Morgan fingerprint density at radius 3 is 2.40 bits per heavy atom. The maximum Gasteiger partial charge on any atom is 0.128 e. The minimum Gasteiger partial charge on any atom is -0.497 e. The van der Waals surface area contributed by atoms with E-state index >= 15 is 0 Å². The minimum absolute atomic E-state index is 0.161. The molecule has 0 radical (unpaired) electrons. The zero-order chi connectivity index (χ0) is 21.3. The Kier molecular flexibility index (Phi) is 5.67. The molecule has 0 saturated heterocycles. The van der Waals surface area contributed by atoms with Crippen molar-refractivity contribution in [2.45, 2.75) is 46.1 Å². The van der Waals surface area contributed by atoms with Gasteiger partial charge in [-0.25, -0.2) is 0 Å². The van der Waals surface area contributed by atoms with Crippen LogP contribution in [-0.4, -0.2) is 19.2 Å². The van der Waals surface area contributed by atoms with E-state index in [2.05, 4.69) is 62.5 Å². The summed E-state index contributed by atoms with van der Waals surface area (Å²) in [4.78, 5) is 5.12. The van der Waals surface area contributed by atoms with Crippen LogP contribution in [0.5, 0.6) is 11.5 Å². The second kappa shape index (κ2) is 8.39. The summed E-state index contributed by atoms with van der Waals surface area (Å²) in [6, 6.07) is 14.8. The van der Waals surface area contributed by atoms with E-state index in [9.17, 15) is 0 Å². The number of hydrogen-bond donors (Lipinski definition) is 1. The molecule has 4 heteroatoms. The maximum absolute atomic E-state index is 5.89. The van der Waals surface area contributed by atoms with Gasteiger partial charge in [0.15, 0.2) is 0 Å². The summed E-state index contributed by atoms with van der Waals surface area (Å²) in [5.41, 5.74) is 9.29. The fourth-order valence-corrected chi connectivity index (χ4v) is 4.49. The van der Waals surface area contributed by atoms with Gasteiger partial charge < -0.3 is 14.8 Å². The van der Waals surface area contributed by atoms with E-state index in [0.29, 0.717) is 0 Å². The Labute approximate surface area is 179 Å². The van der Waals surface area contributed by atoms with Gasteiger partial charge in [-0.2, -0.15) is 0 Å². The van der Waals surface area contributed by atoms with E-state index < -0.39 is 0 Å². The Hall–Kier alpha value is -3.01. The summed E-state index contributed by atoms with van der Waals surface area (Å²) >= 11 is 0. The number of anilines is 1. The number of benzene rings is 2. The van der Waals surface area contributed by atoms with Crippen LogP contribution in [0.3, 0.4) is 0 Å². The molecule has 3 aromatic rings. The third-order valence-electron chi connectivity index (χ3n) is 6.09. The highest BCUT2D eigenvalue weighted by molar-refractivity contribution is 5.70. The quantitative estimate of drug-likeness (QED) is 0.553. The average Bonchev–Trinajstić information content (AvgIpc) is 2.74. The Balaban J connectivity index is 1.77. The molecule has 1 aliphatic carbocycles. The predicted octanol–water partition coefficient (Wildman–Crippen LogP) is 6.18. The molecule has 1 N–H and O–H groups in total. The normalized spacial score (nSPS) is 15.4. The van der Waals surface area contributed by atoms with Crippen molar-refractivity contribution >= 4 is 5.69 Å². The van der Waals surface area contributed by atoms with Crippen LogP contribution in [0.2, 0.25) is 0 Å². The van der Waals surface area contributed by atoms with Crippen LogP contribution in [0.4, 0.5) is 5.69 Å². The van der Waals surface area contributed by atoms with Crippen molar-refractivity contribution in [2.24, 2.45) is 0 Å². The van der Waals surface area contributed by atoms with Gasteiger partial charge in [-0.15, -0.1) is 0 Å². The molecule has 156 valence electrons. The Morgan fingerprint density at radius 1 is 0.933 bits per heavy atom. The standard InChI is InChI=1S/C26H30N2O2/c1-16-12-13-19(29-4)14-22(16)27-20-10-7-11-21-26(20)24(30-5)15-23(28-21)25-17(2)8-6-9-18(25)3/h6,8-9,12-15,20,27H,7,10-11H2,1-5H3. The van der Waals surface area contributed by atoms with Crippen molar-refractivity contribution < 1.29 is 9.47 Å². The number of nitrogens with one attached hydrogen (secondary N) is 1. The second-order valence-corrected chi connectivity index (χ2v) is 8.11. The lowest BCUT2D eigenvalue weighted by molar-refractivity contribution is 0.399. The van der Waals surface area contributed by atoms with Crippen LogP contribution >= 0.6 is 0 Å². The summed E-state index contributed by atoms with van der Waals surface area (Å²) in [6.45, 7) is 6.41. The van der Waals surface area contributed by atoms with Crippen LogP contribution in [-0.2, 0) is 6.42 Å². The fourth-order valence-electron chi connectivity index (χ4n) is 4.49. The highest BCUT2D eigenvalue weighted by Crippen LogP contribution is 2.41. The van der Waals surface area contributed by atoms with Gasteiger partial charge in [0.05, 0.1) is 31.6 Å². The first-order chi connectivity index (χ1) is 14.5.